The van der Waals surface area contributed by atoms with Gasteiger partial charge in [-0.25, -0.2) is 0 Å². The summed E-state index contributed by atoms with van der Waals surface area (Å²) in [6, 6.07) is 6.50. The van der Waals surface area contributed by atoms with Crippen LogP contribution in [-0.4, -0.2) is 13.7 Å². The summed E-state index contributed by atoms with van der Waals surface area (Å²) in [5.41, 5.74) is 4.27. The molecule has 0 N–H and O–H groups in total. The molecular formula is C12H18O. The first-order valence-corrected chi connectivity index (χ1v) is 4.79. The number of aryl methyl sites for hydroxylation is 2. The van der Waals surface area contributed by atoms with Crippen molar-refractivity contribution in [3.05, 3.63) is 34.9 Å². The molecule has 0 aliphatic heterocycles. The highest BCUT2D eigenvalue weighted by Crippen LogP contribution is 2.14. The summed E-state index contributed by atoms with van der Waals surface area (Å²) < 4.78 is 5.03. The van der Waals surface area contributed by atoms with E-state index in [9.17, 15) is 0 Å². The Morgan fingerprint density at radius 1 is 1.23 bits per heavy atom. The van der Waals surface area contributed by atoms with Gasteiger partial charge in [0.2, 0.25) is 0 Å². The minimum atomic E-state index is 0.855. The molecule has 1 aromatic carbocycles. The molecule has 0 heterocycles. The van der Waals surface area contributed by atoms with Crippen molar-refractivity contribution >= 4 is 0 Å². The lowest BCUT2D eigenvalue weighted by Gasteiger charge is -2.07. The van der Waals surface area contributed by atoms with Crippen LogP contribution in [0.15, 0.2) is 18.2 Å². The van der Waals surface area contributed by atoms with E-state index in [-0.39, 0.29) is 0 Å². The quantitative estimate of drug-likeness (QED) is 0.644. The molecule has 1 rings (SSSR count). The van der Waals surface area contributed by atoms with Crippen LogP contribution in [-0.2, 0) is 11.2 Å². The van der Waals surface area contributed by atoms with Crippen LogP contribution in [0.1, 0.15) is 23.1 Å². The molecule has 0 radical (unpaired) electrons. The Bertz CT molecular complexity index is 266. The van der Waals surface area contributed by atoms with Gasteiger partial charge in [0.25, 0.3) is 0 Å². The van der Waals surface area contributed by atoms with Gasteiger partial charge in [0.1, 0.15) is 0 Å². The zero-order valence-corrected chi connectivity index (χ0v) is 8.76. The molecule has 0 amide bonds. The molecule has 0 fully saturated rings. The first-order valence-electron chi connectivity index (χ1n) is 4.79. The van der Waals surface area contributed by atoms with Crippen molar-refractivity contribution in [2.45, 2.75) is 26.7 Å². The van der Waals surface area contributed by atoms with Crippen molar-refractivity contribution in [3.8, 4) is 0 Å². The minimum Gasteiger partial charge on any atom is -0.385 e. The Kier molecular flexibility index (Phi) is 3.97. The van der Waals surface area contributed by atoms with Crippen LogP contribution in [0.2, 0.25) is 0 Å². The standard InChI is InChI=1S/C12H18O/c1-10-6-4-7-12(11(10)2)8-5-9-13-3/h4,6-7H,5,8-9H2,1-3H3. The van der Waals surface area contributed by atoms with Crippen LogP contribution >= 0.6 is 0 Å². The van der Waals surface area contributed by atoms with Crippen molar-refractivity contribution in [3.63, 3.8) is 0 Å². The minimum absolute atomic E-state index is 0.855. The second kappa shape index (κ2) is 5.03. The summed E-state index contributed by atoms with van der Waals surface area (Å²) in [6.45, 7) is 5.21. The summed E-state index contributed by atoms with van der Waals surface area (Å²) in [4.78, 5) is 0. The topological polar surface area (TPSA) is 9.23 Å². The maximum Gasteiger partial charge on any atom is 0.0465 e. The van der Waals surface area contributed by atoms with E-state index in [0.717, 1.165) is 19.4 Å². The number of benzene rings is 1. The molecule has 1 nitrogen and oxygen atoms in total. The van der Waals surface area contributed by atoms with E-state index in [4.69, 9.17) is 4.74 Å². The van der Waals surface area contributed by atoms with Crippen molar-refractivity contribution in [1.29, 1.82) is 0 Å². The highest BCUT2D eigenvalue weighted by atomic mass is 16.5. The van der Waals surface area contributed by atoms with Crippen LogP contribution in [0.25, 0.3) is 0 Å². The first kappa shape index (κ1) is 10.3. The van der Waals surface area contributed by atoms with E-state index in [1.165, 1.54) is 16.7 Å². The average molecular weight is 178 g/mol. The molecule has 1 heteroatoms. The summed E-state index contributed by atoms with van der Waals surface area (Å²) in [5, 5.41) is 0. The molecule has 72 valence electrons. The Morgan fingerprint density at radius 3 is 2.69 bits per heavy atom. The zero-order valence-electron chi connectivity index (χ0n) is 8.76. The van der Waals surface area contributed by atoms with Gasteiger partial charge in [-0.1, -0.05) is 18.2 Å². The second-order valence-corrected chi connectivity index (χ2v) is 3.46. The van der Waals surface area contributed by atoms with Gasteiger partial charge in [0.15, 0.2) is 0 Å². The number of hydrogen-bond acceptors (Lipinski definition) is 1. The maximum atomic E-state index is 5.03. The molecule has 1 aromatic rings. The van der Waals surface area contributed by atoms with E-state index < -0.39 is 0 Å². The number of rotatable bonds is 4. The monoisotopic (exact) mass is 178 g/mol. The Balaban J connectivity index is 2.61. The molecule has 0 saturated heterocycles. The molecule has 0 atom stereocenters. The van der Waals surface area contributed by atoms with Crippen LogP contribution in [0, 0.1) is 13.8 Å². The predicted molar refractivity (Wildman–Crippen MR) is 56.1 cm³/mol. The van der Waals surface area contributed by atoms with Gasteiger partial charge in [-0.15, -0.1) is 0 Å². The molecule has 0 aliphatic rings. The number of ether oxygens (including phenoxy) is 1. The van der Waals surface area contributed by atoms with Crippen molar-refractivity contribution in [2.24, 2.45) is 0 Å². The molecule has 0 bridgehead atoms. The molecule has 13 heavy (non-hydrogen) atoms. The van der Waals surface area contributed by atoms with E-state index in [1.54, 1.807) is 7.11 Å². The SMILES string of the molecule is COCCCc1cccc(C)c1C. The van der Waals surface area contributed by atoms with E-state index in [1.807, 2.05) is 0 Å². The van der Waals surface area contributed by atoms with Crippen molar-refractivity contribution in [2.75, 3.05) is 13.7 Å². The van der Waals surface area contributed by atoms with Crippen molar-refractivity contribution in [1.82, 2.24) is 0 Å². The van der Waals surface area contributed by atoms with Crippen LogP contribution < -0.4 is 0 Å². The van der Waals surface area contributed by atoms with Gasteiger partial charge in [-0.05, 0) is 43.4 Å². The summed E-state index contributed by atoms with van der Waals surface area (Å²) >= 11 is 0. The smallest absolute Gasteiger partial charge is 0.0465 e. The van der Waals surface area contributed by atoms with Crippen molar-refractivity contribution < 1.29 is 4.74 Å². The molecule has 0 aliphatic carbocycles. The molecular weight excluding hydrogens is 160 g/mol. The molecule has 0 aromatic heterocycles. The molecule has 0 spiro atoms. The van der Waals surface area contributed by atoms with Gasteiger partial charge in [0.05, 0.1) is 0 Å². The third-order valence-electron chi connectivity index (χ3n) is 2.51. The van der Waals surface area contributed by atoms with Crippen LogP contribution in [0.3, 0.4) is 0 Å². The molecule has 0 unspecified atom stereocenters. The fraction of sp³-hybridized carbons (Fsp3) is 0.500. The average Bonchev–Trinajstić information content (AvgIpc) is 2.13. The fourth-order valence-corrected chi connectivity index (χ4v) is 1.49. The number of hydrogen-bond donors (Lipinski definition) is 0. The third-order valence-corrected chi connectivity index (χ3v) is 2.51. The van der Waals surface area contributed by atoms with Gasteiger partial charge in [-0.3, -0.25) is 0 Å². The van der Waals surface area contributed by atoms with Gasteiger partial charge < -0.3 is 4.74 Å². The Labute approximate surface area is 80.7 Å². The lowest BCUT2D eigenvalue weighted by atomic mass is 10.00. The number of methoxy groups -OCH3 is 1. The molecule has 0 saturated carbocycles. The fourth-order valence-electron chi connectivity index (χ4n) is 1.49. The summed E-state index contributed by atoms with van der Waals surface area (Å²) in [5.74, 6) is 0. The normalized spacial score (nSPS) is 10.4. The Morgan fingerprint density at radius 2 is 2.00 bits per heavy atom. The van der Waals surface area contributed by atoms with E-state index in [2.05, 4.69) is 32.0 Å². The van der Waals surface area contributed by atoms with E-state index >= 15 is 0 Å². The second-order valence-electron chi connectivity index (χ2n) is 3.46. The van der Waals surface area contributed by atoms with E-state index in [0.29, 0.717) is 0 Å². The van der Waals surface area contributed by atoms with Gasteiger partial charge in [-0.2, -0.15) is 0 Å². The zero-order chi connectivity index (χ0) is 9.68. The summed E-state index contributed by atoms with van der Waals surface area (Å²) in [7, 11) is 1.75. The van der Waals surface area contributed by atoms with Gasteiger partial charge >= 0.3 is 0 Å². The van der Waals surface area contributed by atoms with Crippen LogP contribution in [0.5, 0.6) is 0 Å². The largest absolute Gasteiger partial charge is 0.385 e. The first-order chi connectivity index (χ1) is 6.25. The highest BCUT2D eigenvalue weighted by molar-refractivity contribution is 5.33. The lowest BCUT2D eigenvalue weighted by molar-refractivity contribution is 0.195. The Hall–Kier alpha value is -0.820. The van der Waals surface area contributed by atoms with Crippen LogP contribution in [0.4, 0.5) is 0 Å². The third kappa shape index (κ3) is 2.85. The predicted octanol–water partition coefficient (Wildman–Crippen LogP) is 2.88. The summed E-state index contributed by atoms with van der Waals surface area (Å²) in [6.07, 6.45) is 2.24. The maximum absolute atomic E-state index is 5.03. The highest BCUT2D eigenvalue weighted by Gasteiger charge is 1.99. The van der Waals surface area contributed by atoms with Gasteiger partial charge in [0, 0.05) is 13.7 Å². The lowest BCUT2D eigenvalue weighted by Crippen LogP contribution is -1.96.